The van der Waals surface area contributed by atoms with Crippen molar-refractivity contribution in [2.24, 2.45) is 5.73 Å². The van der Waals surface area contributed by atoms with Crippen LogP contribution in [0.1, 0.15) is 22.7 Å². The normalized spacial score (nSPS) is 12.2. The van der Waals surface area contributed by atoms with E-state index < -0.39 is 23.7 Å². The molecule has 0 saturated carbocycles. The number of hydrogen-bond acceptors (Lipinski definition) is 5. The molecule has 6 nitrogen and oxygen atoms in total. The molecule has 3 aromatic rings. The molecule has 174 valence electrons. The number of nitrogens with zero attached hydrogens (tertiary/aromatic N) is 2. The summed E-state index contributed by atoms with van der Waals surface area (Å²) in [7, 11) is 2.97. The molecule has 0 fully saturated rings. The molecule has 0 aliphatic heterocycles. The Morgan fingerprint density at radius 3 is 2.30 bits per heavy atom. The molecule has 0 radical (unpaired) electrons. The number of nitrogens with two attached hydrogens (primary N) is 1. The Morgan fingerprint density at radius 1 is 1.03 bits per heavy atom. The molecule has 3 rings (SSSR count). The number of aromatic nitrogens is 1. The summed E-state index contributed by atoms with van der Waals surface area (Å²) in [4.78, 5) is 19.0. The number of carbonyl (C=O) groups is 1. The first kappa shape index (κ1) is 24.1. The zero-order valence-electron chi connectivity index (χ0n) is 18.2. The Bertz CT molecular complexity index is 1070. The van der Waals surface area contributed by atoms with Crippen molar-refractivity contribution < 1.29 is 27.4 Å². The van der Waals surface area contributed by atoms with E-state index in [1.807, 2.05) is 0 Å². The zero-order valence-corrected chi connectivity index (χ0v) is 18.2. The van der Waals surface area contributed by atoms with Crippen LogP contribution in [-0.2, 0) is 17.4 Å². The topological polar surface area (TPSA) is 77.7 Å². The fourth-order valence-corrected chi connectivity index (χ4v) is 3.35. The van der Waals surface area contributed by atoms with Gasteiger partial charge in [-0.05, 0) is 36.2 Å². The largest absolute Gasteiger partial charge is 0.496 e. The van der Waals surface area contributed by atoms with Crippen molar-refractivity contribution in [3.8, 4) is 11.6 Å². The predicted octanol–water partition coefficient (Wildman–Crippen LogP) is 4.39. The fourth-order valence-electron chi connectivity index (χ4n) is 3.35. The number of hydrogen-bond donors (Lipinski definition) is 1. The van der Waals surface area contributed by atoms with Crippen molar-refractivity contribution in [3.05, 3.63) is 83.6 Å². The van der Waals surface area contributed by atoms with E-state index in [-0.39, 0.29) is 6.54 Å². The van der Waals surface area contributed by atoms with Crippen molar-refractivity contribution in [1.82, 2.24) is 4.98 Å². The maximum atomic E-state index is 13.4. The van der Waals surface area contributed by atoms with Gasteiger partial charge in [0.2, 0.25) is 11.8 Å². The number of pyridine rings is 1. The standard InChI is InChI=1S/C24H24F3N3O3/c1-32-20-6-4-3-5-19(20)22(28)23(31)30(18-11-12-21(33-2)29-15-18)14-13-16-7-9-17(10-8-16)24(25,26)27/h3-12,15,22H,13-14,28H2,1-2H3/t22-/m1/s1. The second-order valence-electron chi connectivity index (χ2n) is 7.21. The molecule has 2 aromatic carbocycles. The molecule has 0 aliphatic carbocycles. The first-order chi connectivity index (χ1) is 15.7. The van der Waals surface area contributed by atoms with Gasteiger partial charge in [-0.25, -0.2) is 4.98 Å². The molecule has 0 saturated heterocycles. The summed E-state index contributed by atoms with van der Waals surface area (Å²) in [5, 5.41) is 0. The van der Waals surface area contributed by atoms with E-state index in [0.29, 0.717) is 34.9 Å². The van der Waals surface area contributed by atoms with Gasteiger partial charge >= 0.3 is 6.18 Å². The maximum Gasteiger partial charge on any atom is 0.416 e. The average Bonchev–Trinajstić information content (AvgIpc) is 2.83. The number of halogens is 3. The van der Waals surface area contributed by atoms with Gasteiger partial charge in [0.1, 0.15) is 11.8 Å². The summed E-state index contributed by atoms with van der Waals surface area (Å²) in [6, 6.07) is 14.1. The molecule has 2 N–H and O–H groups in total. The molecule has 0 aliphatic rings. The summed E-state index contributed by atoms with van der Waals surface area (Å²) in [5.74, 6) is 0.454. The minimum atomic E-state index is -4.41. The van der Waals surface area contributed by atoms with Crippen LogP contribution in [0.2, 0.25) is 0 Å². The molecule has 1 atom stereocenters. The van der Waals surface area contributed by atoms with E-state index in [1.165, 1.54) is 37.4 Å². The van der Waals surface area contributed by atoms with E-state index in [0.717, 1.165) is 12.1 Å². The van der Waals surface area contributed by atoms with Crippen molar-refractivity contribution in [1.29, 1.82) is 0 Å². The minimum Gasteiger partial charge on any atom is -0.496 e. The number of para-hydroxylation sites is 1. The quantitative estimate of drug-likeness (QED) is 0.541. The third kappa shape index (κ3) is 5.81. The number of benzene rings is 2. The van der Waals surface area contributed by atoms with Crippen LogP contribution in [-0.4, -0.2) is 31.7 Å². The molecular formula is C24H24F3N3O3. The zero-order chi connectivity index (χ0) is 24.0. The number of rotatable bonds is 8. The van der Waals surface area contributed by atoms with Gasteiger partial charge in [-0.3, -0.25) is 4.79 Å². The number of anilines is 1. The highest BCUT2D eigenvalue weighted by molar-refractivity contribution is 5.98. The highest BCUT2D eigenvalue weighted by Crippen LogP contribution is 2.30. The first-order valence-electron chi connectivity index (χ1n) is 10.1. The van der Waals surface area contributed by atoms with Crippen molar-refractivity contribution in [2.75, 3.05) is 25.7 Å². The summed E-state index contributed by atoms with van der Waals surface area (Å²) in [5.41, 5.74) is 7.23. The highest BCUT2D eigenvalue weighted by atomic mass is 19.4. The van der Waals surface area contributed by atoms with Crippen molar-refractivity contribution in [2.45, 2.75) is 18.6 Å². The lowest BCUT2D eigenvalue weighted by Crippen LogP contribution is -2.40. The Hall–Kier alpha value is -3.59. The minimum absolute atomic E-state index is 0.182. The van der Waals surface area contributed by atoms with E-state index >= 15 is 0 Å². The summed E-state index contributed by atoms with van der Waals surface area (Å²) >= 11 is 0. The van der Waals surface area contributed by atoms with Crippen LogP contribution in [0.5, 0.6) is 11.6 Å². The Labute approximate surface area is 189 Å². The lowest BCUT2D eigenvalue weighted by atomic mass is 10.0. The molecule has 1 heterocycles. The number of methoxy groups -OCH3 is 2. The summed E-state index contributed by atoms with van der Waals surface area (Å²) in [6.45, 7) is 0.182. The second-order valence-corrected chi connectivity index (χ2v) is 7.21. The third-order valence-corrected chi connectivity index (χ3v) is 5.15. The second kappa shape index (κ2) is 10.4. The monoisotopic (exact) mass is 459 g/mol. The number of alkyl halides is 3. The molecule has 1 amide bonds. The van der Waals surface area contributed by atoms with Crippen LogP contribution >= 0.6 is 0 Å². The molecule has 0 spiro atoms. The van der Waals surface area contributed by atoms with E-state index in [1.54, 1.807) is 36.4 Å². The van der Waals surface area contributed by atoms with Crippen LogP contribution < -0.4 is 20.1 Å². The molecular weight excluding hydrogens is 435 g/mol. The molecule has 0 bridgehead atoms. The average molecular weight is 459 g/mol. The summed E-state index contributed by atoms with van der Waals surface area (Å²) < 4.78 is 48.9. The van der Waals surface area contributed by atoms with Crippen LogP contribution in [0.25, 0.3) is 0 Å². The fraction of sp³-hybridized carbons (Fsp3) is 0.250. The smallest absolute Gasteiger partial charge is 0.416 e. The number of carbonyl (C=O) groups excluding carboxylic acids is 1. The SMILES string of the molecule is COc1ccc(N(CCc2ccc(C(F)(F)F)cc2)C(=O)[C@H](N)c2ccccc2OC)cn1. The highest BCUT2D eigenvalue weighted by Gasteiger charge is 2.30. The van der Waals surface area contributed by atoms with Crippen LogP contribution in [0.15, 0.2) is 66.9 Å². The summed E-state index contributed by atoms with van der Waals surface area (Å²) in [6.07, 6.45) is -2.61. The van der Waals surface area contributed by atoms with Gasteiger partial charge in [0.25, 0.3) is 0 Å². The van der Waals surface area contributed by atoms with Gasteiger partial charge in [-0.1, -0.05) is 30.3 Å². The van der Waals surface area contributed by atoms with Gasteiger partial charge in [0.05, 0.1) is 31.7 Å². The van der Waals surface area contributed by atoms with Gasteiger partial charge in [-0.15, -0.1) is 0 Å². The first-order valence-corrected chi connectivity index (χ1v) is 10.1. The molecule has 1 aromatic heterocycles. The molecule has 33 heavy (non-hydrogen) atoms. The lowest BCUT2D eigenvalue weighted by Gasteiger charge is -2.26. The number of ether oxygens (including phenoxy) is 2. The van der Waals surface area contributed by atoms with E-state index in [9.17, 15) is 18.0 Å². The third-order valence-electron chi connectivity index (χ3n) is 5.15. The van der Waals surface area contributed by atoms with E-state index in [2.05, 4.69) is 4.98 Å². The Balaban J connectivity index is 1.86. The molecule has 9 heteroatoms. The van der Waals surface area contributed by atoms with Crippen LogP contribution in [0.4, 0.5) is 18.9 Å². The maximum absolute atomic E-state index is 13.4. The Morgan fingerprint density at radius 2 is 1.73 bits per heavy atom. The van der Waals surface area contributed by atoms with Crippen LogP contribution in [0.3, 0.4) is 0 Å². The van der Waals surface area contributed by atoms with Gasteiger partial charge in [-0.2, -0.15) is 13.2 Å². The van der Waals surface area contributed by atoms with Gasteiger partial charge in [0.15, 0.2) is 0 Å². The van der Waals surface area contributed by atoms with E-state index in [4.69, 9.17) is 15.2 Å². The number of amides is 1. The van der Waals surface area contributed by atoms with Crippen molar-refractivity contribution >= 4 is 11.6 Å². The Kier molecular flexibility index (Phi) is 7.55. The van der Waals surface area contributed by atoms with Crippen LogP contribution in [0, 0.1) is 0 Å². The van der Waals surface area contributed by atoms with Crippen molar-refractivity contribution in [3.63, 3.8) is 0 Å². The predicted molar refractivity (Wildman–Crippen MR) is 118 cm³/mol. The van der Waals surface area contributed by atoms with Gasteiger partial charge < -0.3 is 20.1 Å². The van der Waals surface area contributed by atoms with Gasteiger partial charge in [0, 0.05) is 18.2 Å². The lowest BCUT2D eigenvalue weighted by molar-refractivity contribution is -0.137. The molecule has 0 unspecified atom stereocenters.